The third kappa shape index (κ3) is 9.59. The Kier molecular flexibility index (Phi) is 12.2. The standard InChI is InChI=1S/C18H29N7.HI/c1-2-19-18(23-13-7-15-25-16-8-14-24-25)22-12-6-5-11-21-17-9-3-4-10-20-17;/h3-4,8-10,14,16H,2,5-7,11-13,15H2,1H3,(H,20,21)(H2,19,22,23);1H. The minimum Gasteiger partial charge on any atom is -0.370 e. The smallest absolute Gasteiger partial charge is 0.191 e. The summed E-state index contributed by atoms with van der Waals surface area (Å²) in [5.74, 6) is 1.82. The molecule has 0 aliphatic carbocycles. The van der Waals surface area contributed by atoms with Gasteiger partial charge in [0.05, 0.1) is 0 Å². The lowest BCUT2D eigenvalue weighted by atomic mass is 10.3. The molecule has 2 rings (SSSR count). The predicted molar refractivity (Wildman–Crippen MR) is 118 cm³/mol. The Morgan fingerprint density at radius 3 is 2.69 bits per heavy atom. The van der Waals surface area contributed by atoms with Crippen molar-refractivity contribution in [3.63, 3.8) is 0 Å². The van der Waals surface area contributed by atoms with Gasteiger partial charge in [-0.25, -0.2) is 4.98 Å². The van der Waals surface area contributed by atoms with Crippen LogP contribution in [0.3, 0.4) is 0 Å². The molecule has 0 amide bonds. The van der Waals surface area contributed by atoms with E-state index >= 15 is 0 Å². The van der Waals surface area contributed by atoms with E-state index in [1.54, 1.807) is 12.4 Å². The molecule has 0 atom stereocenters. The molecule has 0 spiro atoms. The normalized spacial score (nSPS) is 10.9. The van der Waals surface area contributed by atoms with Crippen molar-refractivity contribution in [1.82, 2.24) is 25.4 Å². The van der Waals surface area contributed by atoms with Gasteiger partial charge in [-0.2, -0.15) is 5.10 Å². The molecule has 7 nitrogen and oxygen atoms in total. The summed E-state index contributed by atoms with van der Waals surface area (Å²) in [7, 11) is 0. The number of nitrogens with zero attached hydrogens (tertiary/aromatic N) is 4. The van der Waals surface area contributed by atoms with E-state index in [2.05, 4.69) is 37.9 Å². The fourth-order valence-corrected chi connectivity index (χ4v) is 2.34. The van der Waals surface area contributed by atoms with Crippen LogP contribution in [0.5, 0.6) is 0 Å². The Labute approximate surface area is 173 Å². The van der Waals surface area contributed by atoms with Crippen LogP contribution >= 0.6 is 24.0 Å². The van der Waals surface area contributed by atoms with Crippen molar-refractivity contribution in [3.05, 3.63) is 42.9 Å². The van der Waals surface area contributed by atoms with E-state index in [9.17, 15) is 0 Å². The molecule has 0 saturated heterocycles. The summed E-state index contributed by atoms with van der Waals surface area (Å²) in [5.41, 5.74) is 0. The summed E-state index contributed by atoms with van der Waals surface area (Å²) in [6, 6.07) is 7.84. The van der Waals surface area contributed by atoms with E-state index in [0.717, 1.165) is 63.8 Å². The Bertz CT molecular complexity index is 587. The van der Waals surface area contributed by atoms with Crippen LogP contribution in [0.1, 0.15) is 26.2 Å². The number of guanidine groups is 1. The number of aromatic nitrogens is 3. The highest BCUT2D eigenvalue weighted by atomic mass is 127. The summed E-state index contributed by atoms with van der Waals surface area (Å²) in [4.78, 5) is 8.85. The lowest BCUT2D eigenvalue weighted by Crippen LogP contribution is -2.38. The third-order valence-corrected chi connectivity index (χ3v) is 3.59. The molecule has 26 heavy (non-hydrogen) atoms. The van der Waals surface area contributed by atoms with E-state index in [1.165, 1.54) is 0 Å². The first-order chi connectivity index (χ1) is 12.4. The first-order valence-electron chi connectivity index (χ1n) is 9.03. The average molecular weight is 471 g/mol. The molecule has 0 saturated carbocycles. The van der Waals surface area contributed by atoms with Crippen LogP contribution < -0.4 is 16.0 Å². The molecule has 0 aliphatic rings. The zero-order valence-electron chi connectivity index (χ0n) is 15.4. The van der Waals surface area contributed by atoms with Crippen molar-refractivity contribution in [2.45, 2.75) is 32.7 Å². The molecule has 2 heterocycles. The number of unbranched alkanes of at least 4 members (excludes halogenated alkanes) is 1. The number of aryl methyl sites for hydroxylation is 1. The molecule has 144 valence electrons. The molecular formula is C18H30IN7. The highest BCUT2D eigenvalue weighted by molar-refractivity contribution is 14.0. The molecule has 2 aromatic heterocycles. The lowest BCUT2D eigenvalue weighted by Gasteiger charge is -2.11. The minimum absolute atomic E-state index is 0. The first kappa shape index (κ1) is 22.2. The highest BCUT2D eigenvalue weighted by Crippen LogP contribution is 2.00. The lowest BCUT2D eigenvalue weighted by molar-refractivity contribution is 0.583. The monoisotopic (exact) mass is 471 g/mol. The topological polar surface area (TPSA) is 79.2 Å². The molecule has 8 heteroatoms. The van der Waals surface area contributed by atoms with Crippen LogP contribution in [0, 0.1) is 0 Å². The predicted octanol–water partition coefficient (Wildman–Crippen LogP) is 2.73. The van der Waals surface area contributed by atoms with Crippen molar-refractivity contribution in [3.8, 4) is 0 Å². The van der Waals surface area contributed by atoms with E-state index in [1.807, 2.05) is 35.1 Å². The van der Waals surface area contributed by atoms with Crippen LogP contribution in [0.15, 0.2) is 47.8 Å². The summed E-state index contributed by atoms with van der Waals surface area (Å²) in [5, 5.41) is 14.2. The first-order valence-corrected chi connectivity index (χ1v) is 9.03. The molecular weight excluding hydrogens is 441 g/mol. The SMILES string of the molecule is CCNC(=NCCCn1cccn1)NCCCCNc1ccccn1.I. The summed E-state index contributed by atoms with van der Waals surface area (Å²) < 4.78 is 1.93. The second-order valence-corrected chi connectivity index (χ2v) is 5.66. The fraction of sp³-hybridized carbons (Fsp3) is 0.500. The number of hydrogen-bond acceptors (Lipinski definition) is 4. The van der Waals surface area contributed by atoms with Gasteiger partial charge in [0, 0.05) is 51.3 Å². The quantitative estimate of drug-likeness (QED) is 0.203. The van der Waals surface area contributed by atoms with Gasteiger partial charge in [0.2, 0.25) is 0 Å². The number of pyridine rings is 1. The summed E-state index contributed by atoms with van der Waals surface area (Å²) in [6.07, 6.45) is 8.73. The van der Waals surface area contributed by atoms with Crippen LogP contribution in [-0.4, -0.2) is 46.9 Å². The second kappa shape index (κ2) is 14.3. The van der Waals surface area contributed by atoms with Gasteiger partial charge in [-0.3, -0.25) is 9.67 Å². The van der Waals surface area contributed by atoms with Gasteiger partial charge in [0.15, 0.2) is 5.96 Å². The number of anilines is 1. The average Bonchev–Trinajstić information content (AvgIpc) is 3.16. The van der Waals surface area contributed by atoms with Crippen LogP contribution in [0.25, 0.3) is 0 Å². The number of nitrogens with one attached hydrogen (secondary N) is 3. The second-order valence-electron chi connectivity index (χ2n) is 5.66. The van der Waals surface area contributed by atoms with E-state index < -0.39 is 0 Å². The molecule has 0 aliphatic heterocycles. The Morgan fingerprint density at radius 2 is 1.96 bits per heavy atom. The zero-order valence-corrected chi connectivity index (χ0v) is 17.7. The van der Waals surface area contributed by atoms with Gasteiger partial charge in [-0.05, 0) is 44.4 Å². The van der Waals surface area contributed by atoms with Crippen molar-refractivity contribution in [2.24, 2.45) is 4.99 Å². The van der Waals surface area contributed by atoms with Crippen molar-refractivity contribution in [2.75, 3.05) is 31.5 Å². The van der Waals surface area contributed by atoms with Crippen LogP contribution in [0.2, 0.25) is 0 Å². The molecule has 0 aromatic carbocycles. The molecule has 0 radical (unpaired) electrons. The largest absolute Gasteiger partial charge is 0.370 e. The van der Waals surface area contributed by atoms with Gasteiger partial charge in [0.25, 0.3) is 0 Å². The fourth-order valence-electron chi connectivity index (χ4n) is 2.34. The van der Waals surface area contributed by atoms with E-state index in [0.29, 0.717) is 0 Å². The maximum absolute atomic E-state index is 4.61. The number of hydrogen-bond donors (Lipinski definition) is 3. The summed E-state index contributed by atoms with van der Waals surface area (Å²) >= 11 is 0. The summed E-state index contributed by atoms with van der Waals surface area (Å²) in [6.45, 7) is 6.47. The molecule has 2 aromatic rings. The molecule has 0 bridgehead atoms. The maximum Gasteiger partial charge on any atom is 0.191 e. The highest BCUT2D eigenvalue weighted by Gasteiger charge is 1.97. The van der Waals surface area contributed by atoms with Gasteiger partial charge in [0.1, 0.15) is 5.82 Å². The van der Waals surface area contributed by atoms with Gasteiger partial charge >= 0.3 is 0 Å². The molecule has 0 unspecified atom stereocenters. The van der Waals surface area contributed by atoms with E-state index in [4.69, 9.17) is 0 Å². The Morgan fingerprint density at radius 1 is 1.08 bits per heavy atom. The molecule has 3 N–H and O–H groups in total. The van der Waals surface area contributed by atoms with Crippen molar-refractivity contribution >= 4 is 35.8 Å². The van der Waals surface area contributed by atoms with Crippen molar-refractivity contribution < 1.29 is 0 Å². The van der Waals surface area contributed by atoms with Gasteiger partial charge in [-0.1, -0.05) is 6.07 Å². The zero-order chi connectivity index (χ0) is 17.6. The Balaban J connectivity index is 0.00000338. The number of aliphatic imine (C=N–C) groups is 1. The van der Waals surface area contributed by atoms with Crippen LogP contribution in [0.4, 0.5) is 5.82 Å². The number of halogens is 1. The Hall–Kier alpha value is -1.84. The minimum atomic E-state index is 0. The third-order valence-electron chi connectivity index (χ3n) is 3.59. The maximum atomic E-state index is 4.61. The van der Waals surface area contributed by atoms with Gasteiger partial charge in [-0.15, -0.1) is 24.0 Å². The van der Waals surface area contributed by atoms with E-state index in [-0.39, 0.29) is 24.0 Å². The van der Waals surface area contributed by atoms with Crippen molar-refractivity contribution in [1.29, 1.82) is 0 Å². The molecule has 0 fully saturated rings. The van der Waals surface area contributed by atoms with Gasteiger partial charge < -0.3 is 16.0 Å². The van der Waals surface area contributed by atoms with Crippen LogP contribution in [-0.2, 0) is 6.54 Å². The number of rotatable bonds is 11.